The molecule has 4 N–H and O–H groups in total. The van der Waals surface area contributed by atoms with Crippen LogP contribution in [-0.4, -0.2) is 29.2 Å². The van der Waals surface area contributed by atoms with Gasteiger partial charge >= 0.3 is 0 Å². The zero-order valence-electron chi connectivity index (χ0n) is 8.24. The highest BCUT2D eigenvalue weighted by atomic mass is 19.3. The molecule has 1 aromatic heterocycles. The van der Waals surface area contributed by atoms with Gasteiger partial charge in [-0.1, -0.05) is 0 Å². The molecule has 0 radical (unpaired) electrons. The molecular formula is C9H13F2N3O. The van der Waals surface area contributed by atoms with Gasteiger partial charge in [0.05, 0.1) is 5.69 Å². The average molecular weight is 217 g/mol. The molecule has 1 heterocycles. The first-order valence-corrected chi connectivity index (χ1v) is 4.43. The Labute approximate surface area is 86.1 Å². The maximum atomic E-state index is 12.0. The number of nitrogens with zero attached hydrogens (tertiary/aromatic N) is 1. The van der Waals surface area contributed by atoms with E-state index in [9.17, 15) is 8.78 Å². The molecule has 0 aliphatic carbocycles. The first-order valence-electron chi connectivity index (χ1n) is 4.43. The largest absolute Gasteiger partial charge is 0.396 e. The highest BCUT2D eigenvalue weighted by Crippen LogP contribution is 2.15. The lowest BCUT2D eigenvalue weighted by Gasteiger charge is -2.12. The smallest absolute Gasteiger partial charge is 0.265 e. The summed E-state index contributed by atoms with van der Waals surface area (Å²) >= 11 is 0. The van der Waals surface area contributed by atoms with Gasteiger partial charge in [0, 0.05) is 12.7 Å². The highest BCUT2D eigenvalue weighted by molar-refractivity contribution is 5.61. The molecule has 4 nitrogen and oxygen atoms in total. The van der Waals surface area contributed by atoms with Crippen LogP contribution >= 0.6 is 0 Å². The maximum Gasteiger partial charge on any atom is 0.265 e. The minimum atomic E-state index is -2.77. The van der Waals surface area contributed by atoms with Crippen molar-refractivity contribution in [1.29, 1.82) is 0 Å². The molecule has 0 aliphatic rings. The van der Waals surface area contributed by atoms with Crippen molar-refractivity contribution in [3.8, 4) is 0 Å². The summed E-state index contributed by atoms with van der Waals surface area (Å²) in [5, 5.41) is 11.4. The van der Waals surface area contributed by atoms with Crippen molar-refractivity contribution in [3.05, 3.63) is 17.8 Å². The number of nitrogen functional groups attached to an aromatic ring is 1. The third-order valence-electron chi connectivity index (χ3n) is 1.82. The number of rotatable bonds is 4. The number of aromatic nitrogens is 1. The molecule has 84 valence electrons. The van der Waals surface area contributed by atoms with E-state index in [1.807, 2.05) is 6.92 Å². The van der Waals surface area contributed by atoms with E-state index in [2.05, 4.69) is 10.3 Å². The highest BCUT2D eigenvalue weighted by Gasteiger charge is 2.16. The average Bonchev–Trinajstić information content (AvgIpc) is 2.15. The Balaban J connectivity index is 2.58. The van der Waals surface area contributed by atoms with Crippen molar-refractivity contribution in [3.63, 3.8) is 0 Å². The van der Waals surface area contributed by atoms with Crippen LogP contribution in [0, 0.1) is 6.92 Å². The van der Waals surface area contributed by atoms with Crippen LogP contribution in [0.3, 0.4) is 0 Å². The van der Waals surface area contributed by atoms with Gasteiger partial charge in [-0.3, -0.25) is 0 Å². The molecule has 15 heavy (non-hydrogen) atoms. The number of alkyl halides is 2. The van der Waals surface area contributed by atoms with Gasteiger partial charge in [-0.2, -0.15) is 0 Å². The van der Waals surface area contributed by atoms with Crippen LogP contribution in [-0.2, 0) is 0 Å². The minimum Gasteiger partial charge on any atom is -0.396 e. The Bertz CT molecular complexity index is 333. The molecule has 0 saturated carbocycles. The Morgan fingerprint density at radius 2 is 2.27 bits per heavy atom. The number of nitrogens with two attached hydrogens (primary N) is 1. The second-order valence-corrected chi connectivity index (χ2v) is 3.23. The summed E-state index contributed by atoms with van der Waals surface area (Å²) in [5.74, 6) is 0.306. The maximum absolute atomic E-state index is 12.0. The first kappa shape index (κ1) is 11.6. The van der Waals surface area contributed by atoms with Gasteiger partial charge in [-0.15, -0.1) is 0 Å². The summed E-state index contributed by atoms with van der Waals surface area (Å²) in [6.45, 7) is 1.54. The molecule has 0 bridgehead atoms. The molecule has 1 aromatic rings. The number of hydrogen-bond acceptors (Lipinski definition) is 4. The van der Waals surface area contributed by atoms with Crippen LogP contribution in [0.25, 0.3) is 0 Å². The van der Waals surface area contributed by atoms with E-state index in [1.165, 1.54) is 0 Å². The standard InChI is InChI=1S/C9H13F2N3O/c1-5-2-6(12)9(13-3-5)14-4-7(15)8(10)11/h2-3,7-8,15H,4,12H2,1H3,(H,13,14). The van der Waals surface area contributed by atoms with Crippen molar-refractivity contribution >= 4 is 11.5 Å². The molecule has 0 aliphatic heterocycles. The second-order valence-electron chi connectivity index (χ2n) is 3.23. The molecule has 0 saturated heterocycles. The monoisotopic (exact) mass is 217 g/mol. The lowest BCUT2D eigenvalue weighted by Crippen LogP contribution is -2.27. The van der Waals surface area contributed by atoms with Gasteiger partial charge in [0.25, 0.3) is 6.43 Å². The van der Waals surface area contributed by atoms with Crippen LogP contribution in [0.1, 0.15) is 5.56 Å². The number of halogens is 2. The number of aliphatic hydroxyl groups excluding tert-OH is 1. The topological polar surface area (TPSA) is 71.2 Å². The summed E-state index contributed by atoms with van der Waals surface area (Å²) in [6, 6.07) is 1.67. The van der Waals surface area contributed by atoms with Gasteiger partial charge in [0.1, 0.15) is 11.9 Å². The molecule has 1 unspecified atom stereocenters. The van der Waals surface area contributed by atoms with Gasteiger partial charge in [-0.25, -0.2) is 13.8 Å². The zero-order chi connectivity index (χ0) is 11.4. The van der Waals surface area contributed by atoms with Crippen LogP contribution in [0.15, 0.2) is 12.3 Å². The van der Waals surface area contributed by atoms with E-state index in [0.717, 1.165) is 5.56 Å². The summed E-state index contributed by atoms with van der Waals surface area (Å²) in [5.41, 5.74) is 6.84. The summed E-state index contributed by atoms with van der Waals surface area (Å²) in [6.07, 6.45) is -2.93. The summed E-state index contributed by atoms with van der Waals surface area (Å²) in [7, 11) is 0. The number of aryl methyl sites for hydroxylation is 1. The summed E-state index contributed by atoms with van der Waals surface area (Å²) < 4.78 is 23.9. The van der Waals surface area contributed by atoms with Crippen molar-refractivity contribution in [2.24, 2.45) is 0 Å². The summed E-state index contributed by atoms with van der Waals surface area (Å²) in [4.78, 5) is 3.92. The van der Waals surface area contributed by atoms with Crippen molar-refractivity contribution in [2.45, 2.75) is 19.5 Å². The van der Waals surface area contributed by atoms with E-state index < -0.39 is 12.5 Å². The predicted octanol–water partition coefficient (Wildman–Crippen LogP) is 1.01. The number of anilines is 2. The van der Waals surface area contributed by atoms with Gasteiger partial charge in [0.15, 0.2) is 0 Å². The Morgan fingerprint density at radius 1 is 1.60 bits per heavy atom. The van der Waals surface area contributed by atoms with Gasteiger partial charge in [-0.05, 0) is 18.6 Å². The van der Waals surface area contributed by atoms with E-state index in [-0.39, 0.29) is 6.54 Å². The number of aliphatic hydroxyl groups is 1. The first-order chi connectivity index (χ1) is 7.00. The molecule has 0 amide bonds. The van der Waals surface area contributed by atoms with E-state index in [4.69, 9.17) is 10.8 Å². The quantitative estimate of drug-likeness (QED) is 0.704. The lowest BCUT2D eigenvalue weighted by molar-refractivity contribution is 0.00381. The van der Waals surface area contributed by atoms with Crippen LogP contribution in [0.5, 0.6) is 0 Å². The van der Waals surface area contributed by atoms with E-state index in [0.29, 0.717) is 11.5 Å². The zero-order valence-corrected chi connectivity index (χ0v) is 8.24. The fraction of sp³-hybridized carbons (Fsp3) is 0.444. The third kappa shape index (κ3) is 3.32. The number of pyridine rings is 1. The predicted molar refractivity (Wildman–Crippen MR) is 53.9 cm³/mol. The molecule has 1 rings (SSSR count). The van der Waals surface area contributed by atoms with Crippen molar-refractivity contribution in [1.82, 2.24) is 4.98 Å². The number of hydrogen-bond donors (Lipinski definition) is 3. The van der Waals surface area contributed by atoms with Crippen LogP contribution < -0.4 is 11.1 Å². The van der Waals surface area contributed by atoms with Crippen molar-refractivity contribution < 1.29 is 13.9 Å². The fourth-order valence-corrected chi connectivity index (χ4v) is 1.03. The molecule has 1 atom stereocenters. The van der Waals surface area contributed by atoms with Crippen LogP contribution in [0.4, 0.5) is 20.3 Å². The minimum absolute atomic E-state index is 0.280. The number of nitrogens with one attached hydrogen (secondary N) is 1. The van der Waals surface area contributed by atoms with E-state index >= 15 is 0 Å². The molecule has 0 fully saturated rings. The third-order valence-corrected chi connectivity index (χ3v) is 1.82. The molecule has 0 aromatic carbocycles. The SMILES string of the molecule is Cc1cnc(NCC(O)C(F)F)c(N)c1. The molecule has 0 spiro atoms. The normalized spacial score (nSPS) is 12.9. The van der Waals surface area contributed by atoms with Gasteiger partial charge in [0.2, 0.25) is 0 Å². The fourth-order valence-electron chi connectivity index (χ4n) is 1.03. The van der Waals surface area contributed by atoms with Crippen molar-refractivity contribution in [2.75, 3.05) is 17.6 Å². The Kier molecular flexibility index (Phi) is 3.79. The molecule has 6 heteroatoms. The van der Waals surface area contributed by atoms with Crippen LogP contribution in [0.2, 0.25) is 0 Å². The molecular weight excluding hydrogens is 204 g/mol. The second kappa shape index (κ2) is 4.88. The lowest BCUT2D eigenvalue weighted by atomic mass is 10.3. The van der Waals surface area contributed by atoms with Gasteiger partial charge < -0.3 is 16.2 Å². The Hall–Kier alpha value is -1.43. The Morgan fingerprint density at radius 3 is 2.80 bits per heavy atom. The van der Waals surface area contributed by atoms with E-state index in [1.54, 1.807) is 12.3 Å².